The van der Waals surface area contributed by atoms with Crippen LogP contribution in [0.15, 0.2) is 12.4 Å². The summed E-state index contributed by atoms with van der Waals surface area (Å²) in [5.74, 6) is 0.929. The molecule has 1 rings (SSSR count). The van der Waals surface area contributed by atoms with Crippen molar-refractivity contribution in [1.82, 2.24) is 9.97 Å². The summed E-state index contributed by atoms with van der Waals surface area (Å²) in [4.78, 5) is 9.14. The van der Waals surface area contributed by atoms with Gasteiger partial charge in [0.05, 0.1) is 0 Å². The third kappa shape index (κ3) is 2.85. The summed E-state index contributed by atoms with van der Waals surface area (Å²) in [6, 6.07) is 0. The lowest BCUT2D eigenvalue weighted by atomic mass is 9.68. The van der Waals surface area contributed by atoms with E-state index in [0.717, 1.165) is 5.82 Å². The smallest absolute Gasteiger partial charge is 0.134 e. The molecule has 0 saturated carbocycles. The Hall–Kier alpha value is -0.920. The number of hydrogen-bond acceptors (Lipinski definition) is 2. The largest absolute Gasteiger partial charge is 0.240 e. The van der Waals surface area contributed by atoms with Crippen LogP contribution in [0.4, 0.5) is 0 Å². The highest BCUT2D eigenvalue weighted by molar-refractivity contribution is 5.18. The quantitative estimate of drug-likeness (QED) is 0.731. The van der Waals surface area contributed by atoms with Crippen molar-refractivity contribution in [3.05, 3.63) is 23.8 Å². The van der Waals surface area contributed by atoms with Crippen molar-refractivity contribution < 1.29 is 0 Å². The zero-order valence-electron chi connectivity index (χ0n) is 12.5. The van der Waals surface area contributed by atoms with E-state index in [0.29, 0.717) is 0 Å². The summed E-state index contributed by atoms with van der Waals surface area (Å²) >= 11 is 0. The van der Waals surface area contributed by atoms with E-state index in [1.165, 1.54) is 5.56 Å². The van der Waals surface area contributed by atoms with Crippen molar-refractivity contribution in [3.63, 3.8) is 0 Å². The van der Waals surface area contributed by atoms with Gasteiger partial charge in [0.25, 0.3) is 0 Å². The van der Waals surface area contributed by atoms with Gasteiger partial charge in [-0.25, -0.2) is 9.97 Å². The summed E-state index contributed by atoms with van der Waals surface area (Å²) in [5, 5.41) is 0. The number of rotatable bonds is 1. The van der Waals surface area contributed by atoms with Gasteiger partial charge in [-0.15, -0.1) is 0 Å². The Labute approximate surface area is 106 Å². The van der Waals surface area contributed by atoms with Crippen molar-refractivity contribution >= 4 is 0 Å². The van der Waals surface area contributed by atoms with E-state index in [1.807, 2.05) is 12.4 Å². The monoisotopic (exact) mass is 234 g/mol. The first kappa shape index (κ1) is 14.1. The number of aromatic nitrogens is 2. The maximum absolute atomic E-state index is 4.57. The number of nitrogens with zero attached hydrogens (tertiary/aromatic N) is 2. The highest BCUT2D eigenvalue weighted by Gasteiger charge is 2.37. The molecule has 0 radical (unpaired) electrons. The lowest BCUT2D eigenvalue weighted by Gasteiger charge is -2.37. The number of hydrogen-bond donors (Lipinski definition) is 0. The van der Waals surface area contributed by atoms with Gasteiger partial charge in [-0.1, -0.05) is 55.4 Å². The summed E-state index contributed by atoms with van der Waals surface area (Å²) in [6.45, 7) is 17.6. The van der Waals surface area contributed by atoms with E-state index in [4.69, 9.17) is 0 Å². The first-order chi connectivity index (χ1) is 7.46. The zero-order chi connectivity index (χ0) is 13.5. The fourth-order valence-electron chi connectivity index (χ4n) is 1.37. The summed E-state index contributed by atoms with van der Waals surface area (Å²) in [7, 11) is 0. The molecule has 0 amide bonds. The minimum absolute atomic E-state index is 0.0244. The molecule has 2 heteroatoms. The molecule has 96 valence electrons. The van der Waals surface area contributed by atoms with Crippen molar-refractivity contribution in [2.45, 2.75) is 66.2 Å². The minimum Gasteiger partial charge on any atom is -0.240 e. The van der Waals surface area contributed by atoms with Gasteiger partial charge in [0.2, 0.25) is 0 Å². The van der Waals surface area contributed by atoms with Crippen LogP contribution in [0, 0.1) is 5.41 Å². The molecule has 1 aromatic rings. The van der Waals surface area contributed by atoms with Crippen molar-refractivity contribution in [2.75, 3.05) is 0 Å². The van der Waals surface area contributed by atoms with Crippen LogP contribution in [-0.4, -0.2) is 9.97 Å². The molecule has 0 aliphatic carbocycles. The predicted octanol–water partition coefficient (Wildman–Crippen LogP) is 4.10. The first-order valence-electron chi connectivity index (χ1n) is 6.29. The lowest BCUT2D eigenvalue weighted by molar-refractivity contribution is 0.213. The Bertz CT molecular complexity index is 375. The average Bonchev–Trinajstić information content (AvgIpc) is 2.15. The van der Waals surface area contributed by atoms with Crippen molar-refractivity contribution in [3.8, 4) is 0 Å². The van der Waals surface area contributed by atoms with Crippen LogP contribution in [0.3, 0.4) is 0 Å². The van der Waals surface area contributed by atoms with Crippen LogP contribution in [0.25, 0.3) is 0 Å². The fraction of sp³-hybridized carbons (Fsp3) is 0.733. The second kappa shape index (κ2) is 4.08. The van der Waals surface area contributed by atoms with Crippen LogP contribution in [-0.2, 0) is 10.8 Å². The van der Waals surface area contributed by atoms with Gasteiger partial charge in [-0.05, 0) is 16.4 Å². The van der Waals surface area contributed by atoms with E-state index >= 15 is 0 Å². The SMILES string of the molecule is CC(C)(C)c1cnc(C(C)(C)C(C)(C)C)nc1. The topological polar surface area (TPSA) is 25.8 Å². The molecule has 0 aromatic carbocycles. The Kier molecular flexibility index (Phi) is 3.39. The molecule has 1 aromatic heterocycles. The summed E-state index contributed by atoms with van der Waals surface area (Å²) in [6.07, 6.45) is 3.94. The molecule has 0 spiro atoms. The van der Waals surface area contributed by atoms with Crippen molar-refractivity contribution in [2.24, 2.45) is 5.41 Å². The fourth-order valence-corrected chi connectivity index (χ4v) is 1.37. The van der Waals surface area contributed by atoms with Crippen LogP contribution in [0.5, 0.6) is 0 Å². The molecule has 1 heterocycles. The van der Waals surface area contributed by atoms with E-state index in [-0.39, 0.29) is 16.2 Å². The molecule has 0 unspecified atom stereocenters. The highest BCUT2D eigenvalue weighted by atomic mass is 14.9. The maximum atomic E-state index is 4.57. The van der Waals surface area contributed by atoms with E-state index in [9.17, 15) is 0 Å². The van der Waals surface area contributed by atoms with E-state index in [2.05, 4.69) is 65.4 Å². The summed E-state index contributed by atoms with van der Waals surface area (Å²) < 4.78 is 0. The molecule has 0 N–H and O–H groups in total. The van der Waals surface area contributed by atoms with Crippen LogP contribution < -0.4 is 0 Å². The molecular weight excluding hydrogens is 208 g/mol. The van der Waals surface area contributed by atoms with E-state index < -0.39 is 0 Å². The lowest BCUT2D eigenvalue weighted by Crippen LogP contribution is -2.36. The minimum atomic E-state index is -0.0244. The third-order valence-electron chi connectivity index (χ3n) is 3.95. The molecule has 0 bridgehead atoms. The second-order valence-corrected chi connectivity index (χ2v) is 7.42. The Morgan fingerprint density at radius 2 is 1.18 bits per heavy atom. The molecule has 17 heavy (non-hydrogen) atoms. The molecule has 0 fully saturated rings. The predicted molar refractivity (Wildman–Crippen MR) is 73.2 cm³/mol. The normalized spacial score (nSPS) is 13.9. The van der Waals surface area contributed by atoms with Crippen LogP contribution in [0.1, 0.15) is 66.8 Å². The Morgan fingerprint density at radius 3 is 1.47 bits per heavy atom. The molecule has 0 aliphatic rings. The van der Waals surface area contributed by atoms with Crippen molar-refractivity contribution in [1.29, 1.82) is 0 Å². The molecule has 0 aliphatic heterocycles. The first-order valence-corrected chi connectivity index (χ1v) is 6.29. The van der Waals surface area contributed by atoms with Gasteiger partial charge in [-0.3, -0.25) is 0 Å². The van der Waals surface area contributed by atoms with Crippen LogP contribution in [0.2, 0.25) is 0 Å². The molecular formula is C15H26N2. The maximum Gasteiger partial charge on any atom is 0.134 e. The van der Waals surface area contributed by atoms with Crippen LogP contribution >= 0.6 is 0 Å². The Morgan fingerprint density at radius 1 is 0.765 bits per heavy atom. The average molecular weight is 234 g/mol. The van der Waals surface area contributed by atoms with Gasteiger partial charge in [0, 0.05) is 17.8 Å². The third-order valence-corrected chi connectivity index (χ3v) is 3.95. The van der Waals surface area contributed by atoms with Gasteiger partial charge in [0.1, 0.15) is 5.82 Å². The Balaban J connectivity index is 3.12. The molecule has 0 saturated heterocycles. The second-order valence-electron chi connectivity index (χ2n) is 7.42. The van der Waals surface area contributed by atoms with Gasteiger partial charge >= 0.3 is 0 Å². The molecule has 0 atom stereocenters. The van der Waals surface area contributed by atoms with Gasteiger partial charge < -0.3 is 0 Å². The standard InChI is InChI=1S/C15H26N2/c1-13(2,3)11-9-16-12(17-10-11)15(7,8)14(4,5)6/h9-10H,1-8H3. The van der Waals surface area contributed by atoms with Gasteiger partial charge in [-0.2, -0.15) is 0 Å². The summed E-state index contributed by atoms with van der Waals surface area (Å²) in [5.41, 5.74) is 1.43. The molecule has 2 nitrogen and oxygen atoms in total. The highest BCUT2D eigenvalue weighted by Crippen LogP contribution is 2.39. The van der Waals surface area contributed by atoms with Gasteiger partial charge in [0.15, 0.2) is 0 Å². The van der Waals surface area contributed by atoms with E-state index in [1.54, 1.807) is 0 Å². The zero-order valence-corrected chi connectivity index (χ0v) is 12.5.